The van der Waals surface area contributed by atoms with Crippen molar-refractivity contribution in [1.82, 2.24) is 4.90 Å². The van der Waals surface area contributed by atoms with Gasteiger partial charge in [-0.3, -0.25) is 0 Å². The van der Waals surface area contributed by atoms with Crippen LogP contribution in [0.5, 0.6) is 0 Å². The van der Waals surface area contributed by atoms with Crippen LogP contribution in [0.1, 0.15) is 44.7 Å². The maximum Gasteiger partial charge on any atom is 0.407 e. The Morgan fingerprint density at radius 3 is 2.64 bits per heavy atom. The van der Waals surface area contributed by atoms with Crippen LogP contribution in [0.4, 0.5) is 4.79 Å². The minimum absolute atomic E-state index is 0.159. The molecule has 0 aliphatic carbocycles. The summed E-state index contributed by atoms with van der Waals surface area (Å²) < 4.78 is 0. The quantitative estimate of drug-likeness (QED) is 0.649. The lowest BCUT2D eigenvalue weighted by atomic mass is 10.0. The molecule has 0 fully saturated rings. The molecule has 0 spiro atoms. The van der Waals surface area contributed by atoms with E-state index in [0.29, 0.717) is 25.8 Å². The fourth-order valence-corrected chi connectivity index (χ4v) is 2.10. The van der Waals surface area contributed by atoms with E-state index in [9.17, 15) is 9.90 Å². The average molecular weight is 303 g/mol. The van der Waals surface area contributed by atoms with Crippen LogP contribution >= 0.6 is 0 Å². The monoisotopic (exact) mass is 303 g/mol. The zero-order valence-electron chi connectivity index (χ0n) is 13.6. The third-order valence-electron chi connectivity index (χ3n) is 3.28. The maximum absolute atomic E-state index is 11.3. The van der Waals surface area contributed by atoms with Gasteiger partial charge in [0.05, 0.1) is 0 Å². The van der Waals surface area contributed by atoms with Gasteiger partial charge in [-0.15, -0.1) is 0 Å². The highest BCUT2D eigenvalue weighted by Gasteiger charge is 2.25. The number of hydrogen-bond acceptors (Lipinski definition) is 2. The van der Waals surface area contributed by atoms with Crippen LogP contribution in [0.3, 0.4) is 0 Å². The van der Waals surface area contributed by atoms with E-state index in [-0.39, 0.29) is 6.61 Å². The van der Waals surface area contributed by atoms with Crippen molar-refractivity contribution in [3.05, 3.63) is 35.4 Å². The summed E-state index contributed by atoms with van der Waals surface area (Å²) in [5.41, 5.74) is 1.59. The number of benzene rings is 1. The Morgan fingerprint density at radius 2 is 2.05 bits per heavy atom. The Balaban J connectivity index is 2.69. The van der Waals surface area contributed by atoms with E-state index in [0.717, 1.165) is 11.1 Å². The van der Waals surface area contributed by atoms with Crippen LogP contribution < -0.4 is 0 Å². The number of unbranched alkanes of at least 4 members (excludes halogenated alkanes) is 1. The highest BCUT2D eigenvalue weighted by Crippen LogP contribution is 2.15. The molecule has 0 heterocycles. The van der Waals surface area contributed by atoms with Crippen LogP contribution in [0.2, 0.25) is 0 Å². The van der Waals surface area contributed by atoms with Gasteiger partial charge in [-0.1, -0.05) is 24.0 Å². The molecule has 2 N–H and O–H groups in total. The first-order valence-corrected chi connectivity index (χ1v) is 7.54. The molecule has 0 bridgehead atoms. The van der Waals surface area contributed by atoms with Gasteiger partial charge in [-0.05, 0) is 51.3 Å². The lowest BCUT2D eigenvalue weighted by molar-refractivity contribution is 0.101. The lowest BCUT2D eigenvalue weighted by Crippen LogP contribution is -2.45. The van der Waals surface area contributed by atoms with Crippen molar-refractivity contribution in [1.29, 1.82) is 0 Å². The number of aliphatic hydroxyl groups is 1. The highest BCUT2D eigenvalue weighted by atomic mass is 16.4. The number of hydrogen-bond donors (Lipinski definition) is 2. The summed E-state index contributed by atoms with van der Waals surface area (Å²) in [7, 11) is 0. The van der Waals surface area contributed by atoms with Crippen molar-refractivity contribution in [2.75, 3.05) is 13.2 Å². The summed E-state index contributed by atoms with van der Waals surface area (Å²) in [6, 6.07) is 7.86. The normalized spacial score (nSPS) is 10.7. The molecule has 22 heavy (non-hydrogen) atoms. The zero-order chi connectivity index (χ0) is 16.6. The molecule has 1 aromatic carbocycles. The van der Waals surface area contributed by atoms with Crippen molar-refractivity contribution in [3.63, 3.8) is 0 Å². The predicted molar refractivity (Wildman–Crippen MR) is 87.8 cm³/mol. The molecule has 0 atom stereocenters. The number of aliphatic hydroxyl groups excluding tert-OH is 1. The van der Waals surface area contributed by atoms with E-state index in [1.165, 1.54) is 4.90 Å². The number of carbonyl (C=O) groups is 1. The molecule has 0 unspecified atom stereocenters. The van der Waals surface area contributed by atoms with Crippen molar-refractivity contribution < 1.29 is 15.0 Å². The van der Waals surface area contributed by atoms with E-state index >= 15 is 0 Å². The zero-order valence-corrected chi connectivity index (χ0v) is 13.6. The van der Waals surface area contributed by atoms with E-state index in [2.05, 4.69) is 11.8 Å². The van der Waals surface area contributed by atoms with Gasteiger partial charge in [0.2, 0.25) is 0 Å². The molecule has 0 aliphatic heterocycles. The number of amides is 1. The molecule has 0 saturated heterocycles. The van der Waals surface area contributed by atoms with Gasteiger partial charge in [-0.2, -0.15) is 0 Å². The van der Waals surface area contributed by atoms with Gasteiger partial charge < -0.3 is 15.1 Å². The van der Waals surface area contributed by atoms with Gasteiger partial charge in [0.25, 0.3) is 0 Å². The summed E-state index contributed by atoms with van der Waals surface area (Å²) in [5, 5.41) is 18.0. The molecule has 1 amide bonds. The molecule has 4 heteroatoms. The average Bonchev–Trinajstić information content (AvgIpc) is 2.42. The third kappa shape index (κ3) is 6.19. The second kappa shape index (κ2) is 8.45. The van der Waals surface area contributed by atoms with Crippen molar-refractivity contribution in [2.24, 2.45) is 0 Å². The molecule has 0 aromatic heterocycles. The van der Waals surface area contributed by atoms with Crippen LogP contribution in [-0.2, 0) is 6.42 Å². The molecule has 1 rings (SSSR count). The van der Waals surface area contributed by atoms with E-state index in [4.69, 9.17) is 5.11 Å². The number of nitrogens with zero attached hydrogens (tertiary/aromatic N) is 1. The van der Waals surface area contributed by atoms with E-state index in [1.807, 2.05) is 45.0 Å². The largest absolute Gasteiger partial charge is 0.465 e. The number of rotatable bonds is 5. The van der Waals surface area contributed by atoms with E-state index < -0.39 is 11.6 Å². The molecule has 0 saturated carbocycles. The predicted octanol–water partition coefficient (Wildman–Crippen LogP) is 3.13. The minimum atomic E-state index is -0.896. The standard InChI is InChI=1S/C18H25NO3/c1-18(2,3)19(17(21)22)12-11-16-10-7-9-15(14-16)8-5-4-6-13-20/h7,9-10,14,20H,4,6,11-13H2,1-3H3,(H,21,22). The Hall–Kier alpha value is -1.99. The van der Waals surface area contributed by atoms with Crippen LogP contribution in [0.15, 0.2) is 24.3 Å². The fourth-order valence-electron chi connectivity index (χ4n) is 2.10. The maximum atomic E-state index is 11.3. The Morgan fingerprint density at radius 1 is 1.32 bits per heavy atom. The van der Waals surface area contributed by atoms with Gasteiger partial charge in [0.1, 0.15) is 0 Å². The second-order valence-corrected chi connectivity index (χ2v) is 6.18. The first kappa shape index (κ1) is 18.1. The van der Waals surface area contributed by atoms with Crippen molar-refractivity contribution in [3.8, 4) is 11.8 Å². The minimum Gasteiger partial charge on any atom is -0.465 e. The van der Waals surface area contributed by atoms with Gasteiger partial charge in [0.15, 0.2) is 0 Å². The summed E-state index contributed by atoms with van der Waals surface area (Å²) in [5.74, 6) is 6.09. The smallest absolute Gasteiger partial charge is 0.407 e. The van der Waals surface area contributed by atoms with Crippen LogP contribution in [0.25, 0.3) is 0 Å². The second-order valence-electron chi connectivity index (χ2n) is 6.18. The van der Waals surface area contributed by atoms with E-state index in [1.54, 1.807) is 0 Å². The Bertz CT molecular complexity index is 549. The summed E-state index contributed by atoms with van der Waals surface area (Å²) in [4.78, 5) is 12.8. The SMILES string of the molecule is CC(C)(C)N(CCc1cccc(C#CCCCO)c1)C(=O)O. The van der Waals surface area contributed by atoms with Gasteiger partial charge >= 0.3 is 6.09 Å². The molecule has 0 radical (unpaired) electrons. The first-order chi connectivity index (χ1) is 10.3. The fraction of sp³-hybridized carbons (Fsp3) is 0.500. The third-order valence-corrected chi connectivity index (χ3v) is 3.28. The molecular weight excluding hydrogens is 278 g/mol. The van der Waals surface area contributed by atoms with Gasteiger partial charge in [0, 0.05) is 30.7 Å². The first-order valence-electron chi connectivity index (χ1n) is 7.54. The van der Waals surface area contributed by atoms with Crippen LogP contribution in [0, 0.1) is 11.8 Å². The summed E-state index contributed by atoms with van der Waals surface area (Å²) in [6.45, 7) is 6.30. The van der Waals surface area contributed by atoms with Gasteiger partial charge in [-0.25, -0.2) is 4.79 Å². The number of carboxylic acid groups (broad SMARTS) is 1. The molecular formula is C18H25NO3. The molecule has 0 aliphatic rings. The summed E-state index contributed by atoms with van der Waals surface area (Å²) >= 11 is 0. The Labute approximate surface area is 132 Å². The summed E-state index contributed by atoms with van der Waals surface area (Å²) in [6.07, 6.45) is 1.13. The molecule has 1 aromatic rings. The molecule has 120 valence electrons. The van der Waals surface area contributed by atoms with Crippen LogP contribution in [-0.4, -0.2) is 39.9 Å². The lowest BCUT2D eigenvalue weighted by Gasteiger charge is -2.33. The Kier molecular flexibility index (Phi) is 6.94. The van der Waals surface area contributed by atoms with Crippen molar-refractivity contribution >= 4 is 6.09 Å². The molecule has 4 nitrogen and oxygen atoms in total. The highest BCUT2D eigenvalue weighted by molar-refractivity contribution is 5.66. The van der Waals surface area contributed by atoms with Crippen molar-refractivity contribution in [2.45, 2.75) is 45.6 Å². The topological polar surface area (TPSA) is 60.8 Å².